The molecule has 0 unspecified atom stereocenters. The molecule has 1 N–H and O–H groups in total. The van der Waals surface area contributed by atoms with Crippen LogP contribution in [0, 0.1) is 10.1 Å². The summed E-state index contributed by atoms with van der Waals surface area (Å²) in [6.45, 7) is 5.25. The zero-order chi connectivity index (χ0) is 38.5. The Hall–Kier alpha value is -4.31. The summed E-state index contributed by atoms with van der Waals surface area (Å²) in [5, 5.41) is 11.6. The van der Waals surface area contributed by atoms with E-state index >= 15 is 0 Å². The minimum atomic E-state index is -4.60. The number of benzene rings is 4. The molecule has 4 aromatic carbocycles. The van der Waals surface area contributed by atoms with E-state index in [1.165, 1.54) is 18.2 Å². The van der Waals surface area contributed by atoms with E-state index in [0.717, 1.165) is 86.3 Å². The fourth-order valence-corrected chi connectivity index (χ4v) is 8.52. The van der Waals surface area contributed by atoms with Crippen molar-refractivity contribution in [2.75, 3.05) is 66.4 Å². The second-order valence-corrected chi connectivity index (χ2v) is 16.3. The molecular formula is C40H49N5O7S2. The lowest BCUT2D eigenvalue weighted by Gasteiger charge is -2.29. The summed E-state index contributed by atoms with van der Waals surface area (Å²) in [4.78, 5) is 30.3. The third kappa shape index (κ3) is 11.4. The van der Waals surface area contributed by atoms with Gasteiger partial charge >= 0.3 is 0 Å². The van der Waals surface area contributed by atoms with Crippen LogP contribution in [0.1, 0.15) is 35.2 Å². The number of nitrogens with one attached hydrogen (secondary N) is 1. The van der Waals surface area contributed by atoms with Crippen LogP contribution >= 0.6 is 11.8 Å². The van der Waals surface area contributed by atoms with E-state index < -0.39 is 32.6 Å². The molecule has 54 heavy (non-hydrogen) atoms. The Bertz CT molecular complexity index is 1940. The number of nitro benzene ring substituents is 1. The number of rotatable bonds is 19. The number of hydrogen-bond acceptors (Lipinski definition) is 11. The van der Waals surface area contributed by atoms with E-state index in [9.17, 15) is 23.3 Å². The highest BCUT2D eigenvalue weighted by atomic mass is 32.2. The molecule has 1 fully saturated rings. The molecule has 0 aromatic heterocycles. The summed E-state index contributed by atoms with van der Waals surface area (Å²) in [5.74, 6) is 0.358. The molecule has 0 spiro atoms. The van der Waals surface area contributed by atoms with Crippen molar-refractivity contribution in [3.63, 3.8) is 0 Å². The van der Waals surface area contributed by atoms with Crippen LogP contribution in [0.2, 0.25) is 0 Å². The number of carbonyl (C=O) groups is 1. The number of nitro groups is 1. The maximum Gasteiger partial charge on any atom is 0.282 e. The molecule has 5 rings (SSSR count). The average molecular weight is 776 g/mol. The summed E-state index contributed by atoms with van der Waals surface area (Å²) in [5.41, 5.74) is 5.58. The molecular weight excluding hydrogens is 727 g/mol. The lowest BCUT2D eigenvalue weighted by Crippen LogP contribution is -2.52. The van der Waals surface area contributed by atoms with E-state index in [0.29, 0.717) is 22.3 Å². The average Bonchev–Trinajstić information content (AvgIpc) is 3.19. The van der Waals surface area contributed by atoms with Gasteiger partial charge in [0.05, 0.1) is 30.1 Å². The van der Waals surface area contributed by atoms with Crippen molar-refractivity contribution in [3.8, 4) is 16.9 Å². The fourth-order valence-electron chi connectivity index (χ4n) is 6.19. The number of thioether (sulfide) groups is 1. The predicted octanol–water partition coefficient (Wildman–Crippen LogP) is 6.37. The predicted molar refractivity (Wildman–Crippen MR) is 212 cm³/mol. The van der Waals surface area contributed by atoms with Gasteiger partial charge in [0.15, 0.2) is 0 Å². The SMILES string of the molecule is COc1cc(CCCN2CCOCC2)ccc1-c1ccc(C(=O)N(N[C@H](CCCN(C)C)CSc2ccccc2)S(=O)(=O)c2cccc([N+](=O)[O-])c2)cc1. The monoisotopic (exact) mass is 775 g/mol. The molecule has 288 valence electrons. The lowest BCUT2D eigenvalue weighted by molar-refractivity contribution is -0.385. The van der Waals surface area contributed by atoms with Gasteiger partial charge in [0.25, 0.3) is 21.6 Å². The lowest BCUT2D eigenvalue weighted by atomic mass is 9.99. The Labute approximate surface area is 322 Å². The first kappa shape index (κ1) is 40.9. The number of carbonyl (C=O) groups excluding carboxylic acids is 1. The van der Waals surface area contributed by atoms with Crippen LogP contribution in [0.5, 0.6) is 5.75 Å². The van der Waals surface area contributed by atoms with Gasteiger partial charge in [-0.25, -0.2) is 5.43 Å². The molecule has 0 radical (unpaired) electrons. The van der Waals surface area contributed by atoms with Crippen LogP contribution in [0.15, 0.2) is 107 Å². The van der Waals surface area contributed by atoms with Crippen LogP contribution in [-0.2, 0) is 21.2 Å². The first-order valence-electron chi connectivity index (χ1n) is 18.1. The highest BCUT2D eigenvalue weighted by Crippen LogP contribution is 2.32. The number of aryl methyl sites for hydroxylation is 1. The van der Waals surface area contributed by atoms with Crippen LogP contribution in [0.25, 0.3) is 11.1 Å². The van der Waals surface area contributed by atoms with Crippen molar-refractivity contribution in [1.29, 1.82) is 0 Å². The number of morpholine rings is 1. The molecule has 14 heteroatoms. The van der Waals surface area contributed by atoms with Gasteiger partial charge in [-0.05, 0) is 100 Å². The number of non-ortho nitro benzene ring substituents is 1. The number of hydrazine groups is 1. The zero-order valence-corrected chi connectivity index (χ0v) is 32.7. The van der Waals surface area contributed by atoms with Gasteiger partial charge in [-0.2, -0.15) is 12.8 Å². The van der Waals surface area contributed by atoms with Crippen LogP contribution < -0.4 is 10.2 Å². The zero-order valence-electron chi connectivity index (χ0n) is 31.1. The van der Waals surface area contributed by atoms with E-state index in [1.54, 1.807) is 43.1 Å². The van der Waals surface area contributed by atoms with Gasteiger partial charge in [0, 0.05) is 53.0 Å². The second-order valence-electron chi connectivity index (χ2n) is 13.4. The van der Waals surface area contributed by atoms with Gasteiger partial charge < -0.3 is 14.4 Å². The number of ether oxygens (including phenoxy) is 2. The Morgan fingerprint density at radius 1 is 0.981 bits per heavy atom. The standard InChI is InChI=1S/C40H49N5O7S2/c1-42(2)22-9-11-34(30-53-36-13-5-4-6-14-36)41-44(54(49,50)37-15-7-12-35(29-37)45(47)48)40(46)33-19-17-32(18-20-33)38-21-16-31(28-39(38)51-3)10-8-23-43-24-26-52-27-25-43/h4-7,12-21,28-29,34,41H,8-11,22-27,30H2,1-3H3/t34-/m1/s1. The number of hydrogen-bond donors (Lipinski definition) is 1. The molecule has 1 amide bonds. The van der Waals surface area contributed by atoms with Crippen molar-refractivity contribution in [1.82, 2.24) is 19.6 Å². The molecule has 1 heterocycles. The number of sulfonamides is 1. The van der Waals surface area contributed by atoms with E-state index in [4.69, 9.17) is 9.47 Å². The van der Waals surface area contributed by atoms with Crippen molar-refractivity contribution in [2.45, 2.75) is 41.5 Å². The van der Waals surface area contributed by atoms with E-state index in [2.05, 4.69) is 16.4 Å². The topological polar surface area (TPSA) is 135 Å². The Morgan fingerprint density at radius 3 is 2.41 bits per heavy atom. The smallest absolute Gasteiger partial charge is 0.282 e. The Kier molecular flexibility index (Phi) is 15.0. The maximum absolute atomic E-state index is 14.3. The molecule has 12 nitrogen and oxygen atoms in total. The van der Waals surface area contributed by atoms with Gasteiger partial charge in [-0.15, -0.1) is 11.8 Å². The molecule has 1 aliphatic heterocycles. The first-order chi connectivity index (χ1) is 26.0. The number of methoxy groups -OCH3 is 1. The molecule has 1 aliphatic rings. The van der Waals surface area contributed by atoms with Crippen LogP contribution in [-0.4, -0.2) is 106 Å². The molecule has 0 saturated carbocycles. The molecule has 4 aromatic rings. The second kappa shape index (κ2) is 19.9. The highest BCUT2D eigenvalue weighted by Gasteiger charge is 2.33. The first-order valence-corrected chi connectivity index (χ1v) is 20.5. The van der Waals surface area contributed by atoms with Crippen molar-refractivity contribution >= 4 is 33.4 Å². The fraction of sp³-hybridized carbons (Fsp3) is 0.375. The molecule has 1 saturated heterocycles. The normalized spacial score (nSPS) is 14.1. The van der Waals surface area contributed by atoms with Gasteiger partial charge in [-0.1, -0.05) is 48.5 Å². The molecule has 0 aliphatic carbocycles. The van der Waals surface area contributed by atoms with Gasteiger partial charge in [-0.3, -0.25) is 19.8 Å². The summed E-state index contributed by atoms with van der Waals surface area (Å²) in [7, 11) is 0.956. The van der Waals surface area contributed by atoms with E-state index in [1.807, 2.05) is 61.5 Å². The van der Waals surface area contributed by atoms with E-state index in [-0.39, 0.29) is 10.5 Å². The van der Waals surface area contributed by atoms with Gasteiger partial charge in [0.2, 0.25) is 0 Å². The summed E-state index contributed by atoms with van der Waals surface area (Å²) in [6, 6.07) is 26.9. The highest BCUT2D eigenvalue weighted by molar-refractivity contribution is 7.99. The Morgan fingerprint density at radius 2 is 1.72 bits per heavy atom. The number of amides is 1. The Balaban J connectivity index is 1.40. The third-order valence-corrected chi connectivity index (χ3v) is 11.9. The third-order valence-electron chi connectivity index (χ3n) is 9.16. The molecule has 0 bridgehead atoms. The summed E-state index contributed by atoms with van der Waals surface area (Å²) < 4.78 is 40.4. The summed E-state index contributed by atoms with van der Waals surface area (Å²) in [6.07, 6.45) is 3.23. The minimum Gasteiger partial charge on any atom is -0.496 e. The van der Waals surface area contributed by atoms with Crippen LogP contribution in [0.4, 0.5) is 5.69 Å². The minimum absolute atomic E-state index is 0.127. The van der Waals surface area contributed by atoms with Crippen molar-refractivity contribution in [3.05, 3.63) is 118 Å². The van der Waals surface area contributed by atoms with Gasteiger partial charge in [0.1, 0.15) is 5.75 Å². The summed E-state index contributed by atoms with van der Waals surface area (Å²) >= 11 is 1.55. The molecule has 1 atom stereocenters. The number of nitrogens with zero attached hydrogens (tertiary/aromatic N) is 4. The largest absolute Gasteiger partial charge is 0.496 e. The maximum atomic E-state index is 14.3. The van der Waals surface area contributed by atoms with Crippen molar-refractivity contribution in [2.24, 2.45) is 0 Å². The quantitative estimate of drug-likeness (QED) is 0.0647. The van der Waals surface area contributed by atoms with Crippen LogP contribution in [0.3, 0.4) is 0 Å². The van der Waals surface area contributed by atoms with Crippen molar-refractivity contribution < 1.29 is 27.6 Å².